The number of Topliss-reactive ketones (excluding diaryl/α,β-unsaturated/α-hetero) is 1. The molecular weight excluding hydrogens is 489 g/mol. The highest BCUT2D eigenvalue weighted by Crippen LogP contribution is 2.67. The van der Waals surface area contributed by atoms with Crippen molar-refractivity contribution in [3.63, 3.8) is 0 Å². The third kappa shape index (κ3) is 5.28. The number of fused-ring (bicyclic) bond motifs is 5. The van der Waals surface area contributed by atoms with Gasteiger partial charge in [-0.3, -0.25) is 4.79 Å². The molecule has 0 spiro atoms. The van der Waals surface area contributed by atoms with Crippen LogP contribution >= 0.6 is 0 Å². The zero-order chi connectivity index (χ0) is 27.6. The lowest BCUT2D eigenvalue weighted by molar-refractivity contribution is -0.171. The molecule has 0 amide bonds. The molecule has 0 saturated heterocycles. The van der Waals surface area contributed by atoms with Gasteiger partial charge in [0.15, 0.2) is 8.32 Å². The predicted molar refractivity (Wildman–Crippen MR) is 147 cm³/mol. The molecule has 0 aromatic carbocycles. The summed E-state index contributed by atoms with van der Waals surface area (Å²) in [5.41, 5.74) is 2.09. The Kier molecular flexibility index (Phi) is 7.76. The molecule has 0 radical (unpaired) electrons. The fourth-order valence-corrected chi connectivity index (χ4v) is 10.4. The van der Waals surface area contributed by atoms with Crippen LogP contribution in [-0.2, 0) is 9.22 Å². The lowest BCUT2D eigenvalue weighted by Gasteiger charge is -2.59. The van der Waals surface area contributed by atoms with E-state index in [1.807, 2.05) is 0 Å². The number of alkyl halides is 3. The molecule has 3 fully saturated rings. The summed E-state index contributed by atoms with van der Waals surface area (Å²) in [4.78, 5) is 11.5. The van der Waals surface area contributed by atoms with Gasteiger partial charge in [0.25, 0.3) is 0 Å². The first-order valence-electron chi connectivity index (χ1n) is 14.9. The van der Waals surface area contributed by atoms with Gasteiger partial charge >= 0.3 is 6.18 Å². The highest BCUT2D eigenvalue weighted by Gasteiger charge is 2.59. The van der Waals surface area contributed by atoms with Crippen LogP contribution in [0.25, 0.3) is 0 Å². The van der Waals surface area contributed by atoms with Crippen molar-refractivity contribution >= 4 is 14.1 Å². The number of hydrogen-bond donors (Lipinski definition) is 0. The number of hydrogen-bond acceptors (Lipinski definition) is 2. The molecule has 4 rings (SSSR count). The van der Waals surface area contributed by atoms with E-state index >= 15 is 0 Å². The lowest BCUT2D eigenvalue weighted by Crippen LogP contribution is -2.52. The summed E-state index contributed by atoms with van der Waals surface area (Å²) in [7, 11) is -1.79. The van der Waals surface area contributed by atoms with Gasteiger partial charge in [-0.05, 0) is 116 Å². The average molecular weight is 541 g/mol. The van der Waals surface area contributed by atoms with Gasteiger partial charge in [-0.25, -0.2) is 0 Å². The van der Waals surface area contributed by atoms with Gasteiger partial charge in [-0.2, -0.15) is 13.2 Å². The van der Waals surface area contributed by atoms with E-state index in [1.54, 1.807) is 5.57 Å². The minimum atomic E-state index is -4.70. The van der Waals surface area contributed by atoms with Crippen molar-refractivity contribution in [1.29, 1.82) is 0 Å². The zero-order valence-electron chi connectivity index (χ0n) is 24.6. The summed E-state index contributed by atoms with van der Waals surface area (Å²) in [6, 6.07) is 0. The second-order valence-electron chi connectivity index (χ2n) is 15.2. The van der Waals surface area contributed by atoms with Crippen LogP contribution in [-0.4, -0.2) is 26.4 Å². The van der Waals surface area contributed by atoms with Gasteiger partial charge in [-0.15, -0.1) is 0 Å². The quantitative estimate of drug-likeness (QED) is 0.248. The van der Waals surface area contributed by atoms with Crippen molar-refractivity contribution in [2.45, 2.75) is 136 Å². The number of carbonyl (C=O) groups is 1. The zero-order valence-corrected chi connectivity index (χ0v) is 25.6. The number of carbonyl (C=O) groups excluding carboxylic acids is 1. The Labute approximate surface area is 224 Å². The van der Waals surface area contributed by atoms with Crippen molar-refractivity contribution in [1.82, 2.24) is 0 Å². The van der Waals surface area contributed by atoms with Gasteiger partial charge < -0.3 is 4.43 Å². The van der Waals surface area contributed by atoms with Crippen molar-refractivity contribution in [3.8, 4) is 0 Å². The van der Waals surface area contributed by atoms with Gasteiger partial charge in [0.1, 0.15) is 0 Å². The molecular formula is C31H51F3O2Si. The molecule has 8 atom stereocenters. The van der Waals surface area contributed by atoms with Crippen molar-refractivity contribution in [2.24, 2.45) is 40.4 Å². The summed E-state index contributed by atoms with van der Waals surface area (Å²) < 4.78 is 45.2. The Morgan fingerprint density at radius 2 is 1.76 bits per heavy atom. The van der Waals surface area contributed by atoms with Crippen LogP contribution in [0.1, 0.15) is 106 Å². The van der Waals surface area contributed by atoms with Gasteiger partial charge in [0.2, 0.25) is 5.78 Å². The van der Waals surface area contributed by atoms with Gasteiger partial charge in [0.05, 0.1) is 0 Å². The molecule has 2 nitrogen and oxygen atoms in total. The second kappa shape index (κ2) is 9.78. The summed E-state index contributed by atoms with van der Waals surface area (Å²) in [6.45, 7) is 18.7. The normalized spacial score (nSPS) is 39.3. The molecule has 0 aromatic rings. The van der Waals surface area contributed by atoms with Crippen LogP contribution in [0.5, 0.6) is 0 Å². The monoisotopic (exact) mass is 540 g/mol. The van der Waals surface area contributed by atoms with E-state index in [-0.39, 0.29) is 28.2 Å². The van der Waals surface area contributed by atoms with E-state index in [0.29, 0.717) is 36.2 Å². The van der Waals surface area contributed by atoms with Gasteiger partial charge in [-0.1, -0.05) is 53.2 Å². The van der Waals surface area contributed by atoms with E-state index in [1.165, 1.54) is 25.7 Å². The number of rotatable bonds is 6. The van der Waals surface area contributed by atoms with Crippen molar-refractivity contribution in [3.05, 3.63) is 11.6 Å². The number of allylic oxidation sites excluding steroid dienone is 1. The highest BCUT2D eigenvalue weighted by molar-refractivity contribution is 6.74. The fraction of sp³-hybridized carbons (Fsp3) is 0.903. The topological polar surface area (TPSA) is 26.3 Å². The maximum absolute atomic E-state index is 12.8. The summed E-state index contributed by atoms with van der Waals surface area (Å²) in [6.07, 6.45) is 7.51. The highest BCUT2D eigenvalue weighted by atomic mass is 28.4. The Balaban J connectivity index is 1.45. The first kappa shape index (κ1) is 29.4. The van der Waals surface area contributed by atoms with E-state index in [9.17, 15) is 18.0 Å². The summed E-state index contributed by atoms with van der Waals surface area (Å²) >= 11 is 0. The third-order valence-electron chi connectivity index (χ3n) is 12.2. The smallest absolute Gasteiger partial charge is 0.414 e. The predicted octanol–water partition coefficient (Wildman–Crippen LogP) is 9.50. The maximum atomic E-state index is 12.8. The van der Waals surface area contributed by atoms with Crippen LogP contribution in [0.3, 0.4) is 0 Å². The molecule has 0 aromatic heterocycles. The fourth-order valence-electron chi connectivity index (χ4n) is 9.00. The molecule has 4 aliphatic rings. The van der Waals surface area contributed by atoms with Crippen LogP contribution in [0, 0.1) is 40.4 Å². The Morgan fingerprint density at radius 1 is 1.08 bits per heavy atom. The Hall–Kier alpha value is -0.623. The molecule has 4 aliphatic carbocycles. The third-order valence-corrected chi connectivity index (χ3v) is 16.8. The molecule has 0 N–H and O–H groups in total. The average Bonchev–Trinajstić information content (AvgIpc) is 3.13. The SMILES string of the molecule is CC(CCC(=O)C(F)(F)F)C1CCC2C3CC=C4C[C@@H](O[Si](C)(C)C(C)(C)C)CCC4(C)C3CCC12C. The molecule has 37 heavy (non-hydrogen) atoms. The van der Waals surface area contributed by atoms with Crippen LogP contribution in [0.4, 0.5) is 13.2 Å². The second-order valence-corrected chi connectivity index (χ2v) is 19.9. The van der Waals surface area contributed by atoms with Crippen LogP contribution in [0.2, 0.25) is 18.1 Å². The molecule has 0 aliphatic heterocycles. The number of halogens is 3. The minimum Gasteiger partial charge on any atom is -0.414 e. The largest absolute Gasteiger partial charge is 0.449 e. The Morgan fingerprint density at radius 3 is 2.38 bits per heavy atom. The van der Waals surface area contributed by atoms with Crippen LogP contribution < -0.4 is 0 Å². The molecule has 7 unspecified atom stereocenters. The van der Waals surface area contributed by atoms with Gasteiger partial charge in [0, 0.05) is 12.5 Å². The van der Waals surface area contributed by atoms with E-state index in [2.05, 4.69) is 60.7 Å². The van der Waals surface area contributed by atoms with E-state index < -0.39 is 20.3 Å². The summed E-state index contributed by atoms with van der Waals surface area (Å²) in [5, 5.41) is 0.226. The molecule has 3 saturated carbocycles. The molecule has 212 valence electrons. The van der Waals surface area contributed by atoms with E-state index in [0.717, 1.165) is 25.7 Å². The minimum absolute atomic E-state index is 0.158. The standard InChI is InChI=1S/C31H51F3O2Si/c1-20(9-14-27(35)31(32,33)34)24-12-13-25-23-11-10-21-19-22(36-37(7,8)28(2,3)4)15-17-29(21,5)26(23)16-18-30(24,25)6/h10,20,22-26H,9,11-19H2,1-8H3/t20?,22-,23?,24?,25?,26?,29?,30?/m0/s1. The number of ketones is 1. The van der Waals surface area contributed by atoms with Crippen molar-refractivity contribution in [2.75, 3.05) is 0 Å². The lowest BCUT2D eigenvalue weighted by atomic mass is 9.47. The molecule has 6 heteroatoms. The van der Waals surface area contributed by atoms with E-state index in [4.69, 9.17) is 4.43 Å². The first-order chi connectivity index (χ1) is 16.9. The molecule has 0 heterocycles. The molecule has 0 bridgehead atoms. The maximum Gasteiger partial charge on any atom is 0.449 e. The first-order valence-corrected chi connectivity index (χ1v) is 17.8. The summed E-state index contributed by atoms with van der Waals surface area (Å²) in [5.74, 6) is 1.05. The Bertz CT molecular complexity index is 903. The van der Waals surface area contributed by atoms with Crippen molar-refractivity contribution < 1.29 is 22.4 Å². The van der Waals surface area contributed by atoms with Crippen LogP contribution in [0.15, 0.2) is 11.6 Å².